The average Bonchev–Trinajstić information content (AvgIpc) is 1.67. The van der Waals surface area contributed by atoms with E-state index in [1.54, 1.807) is 101 Å². The van der Waals surface area contributed by atoms with Gasteiger partial charge in [-0.15, -0.1) is 0 Å². The Balaban J connectivity index is 0.000000135. The van der Waals surface area contributed by atoms with Crippen LogP contribution in [0.1, 0.15) is 185 Å². The number of halogens is 5. The number of carbonyl (C=O) groups is 7. The van der Waals surface area contributed by atoms with Crippen LogP contribution in [0.25, 0.3) is 22.6 Å². The Labute approximate surface area is 634 Å². The zero-order chi connectivity index (χ0) is 78.6. The predicted octanol–water partition coefficient (Wildman–Crippen LogP) is 12.9. The number of Topliss-reactive ketones (excluding diaryl/α,β-unsaturated/α-hetero) is 2. The van der Waals surface area contributed by atoms with E-state index in [1.165, 1.54) is 53.6 Å². The number of hydrogen-bond acceptors (Lipinski definition) is 20. The standard InChI is InChI=1S/C26H23F2N5O2.C25H21F2N5O3.C20H20N4O3.C8H6ClN3O2/c1-14-17(15(2)34)4-5-19-18(14)6-8-22(19)31-25-12-23(32-24-9-10-30-33(24)25)26(35)29-13-16-3-7-20(27)21(28)11-16;1-13-15-5-7-20(17(15)4-3-16(13)25(34)35)30-23-11-21(31-22-8-9-29-32(22)23)24(33)28-12-14-2-6-18(26)19(27)10-14;1-11-13(12(2)25)4-5-15-14(11)6-7-16(15)22-19-10-17(20(26)27-3)23-18-8-9-21-24(18)19;1-14-8(13)5-4-6(9)12-7(11-5)2-3-10-12/h3-5,7,9-12,22,31H,6,8,13H2,1-2H3,(H,29,35);2-4,6,8-11,20,30H,5,7,12H2,1H3,(H,28,33)(H,34,35);4-5,8-10,16,22H,6-7H2,1-3H3;2-4H,1H3/t22-;20-;16-;/m000./s1. The highest BCUT2D eigenvalue weighted by molar-refractivity contribution is 6.30. The fourth-order valence-corrected chi connectivity index (χ4v) is 14.3. The second kappa shape index (κ2) is 32.2. The molecule has 5 aromatic carbocycles. The van der Waals surface area contributed by atoms with Crippen LogP contribution < -0.4 is 26.6 Å². The number of fused-ring (bicyclic) bond motifs is 7. The molecule has 0 unspecified atom stereocenters. The summed E-state index contributed by atoms with van der Waals surface area (Å²) in [5.74, 6) is -4.76. The number of carboxylic acid groups (broad SMARTS) is 1. The first-order valence-electron chi connectivity index (χ1n) is 34.9. The molecule has 8 aromatic heterocycles. The predicted molar refractivity (Wildman–Crippen MR) is 399 cm³/mol. The van der Waals surface area contributed by atoms with Gasteiger partial charge < -0.3 is 41.2 Å². The topological polar surface area (TPSA) is 339 Å². The van der Waals surface area contributed by atoms with Crippen LogP contribution in [0.3, 0.4) is 0 Å². The molecule has 111 heavy (non-hydrogen) atoms. The van der Waals surface area contributed by atoms with Crippen LogP contribution in [0, 0.1) is 44.0 Å². The summed E-state index contributed by atoms with van der Waals surface area (Å²) in [6, 6.07) is 31.1. The number of amides is 2. The first-order chi connectivity index (χ1) is 53.3. The maximum Gasteiger partial charge on any atom is 0.356 e. The van der Waals surface area contributed by atoms with Crippen molar-refractivity contribution >= 4 is 92.9 Å². The number of carbonyl (C=O) groups excluding carboxylic acids is 6. The Morgan fingerprint density at radius 1 is 0.441 bits per heavy atom. The molecule has 3 aliphatic carbocycles. The van der Waals surface area contributed by atoms with E-state index in [0.29, 0.717) is 61.9 Å². The quantitative estimate of drug-likeness (QED) is 0.0213. The van der Waals surface area contributed by atoms with Crippen molar-refractivity contribution in [3.8, 4) is 0 Å². The van der Waals surface area contributed by atoms with Gasteiger partial charge in [0.05, 0.1) is 62.7 Å². The maximum atomic E-state index is 13.5. The number of aromatic carboxylic acids is 1. The van der Waals surface area contributed by atoms with Gasteiger partial charge in [0.2, 0.25) is 0 Å². The van der Waals surface area contributed by atoms with Crippen LogP contribution in [0.5, 0.6) is 0 Å². The smallest absolute Gasteiger partial charge is 0.356 e. The lowest BCUT2D eigenvalue weighted by Crippen LogP contribution is -2.25. The molecule has 8 heterocycles. The number of aromatic nitrogens is 12. The molecule has 0 bridgehead atoms. The number of ketones is 2. The summed E-state index contributed by atoms with van der Waals surface area (Å²) in [6.45, 7) is 9.00. The third-order valence-electron chi connectivity index (χ3n) is 19.6. The lowest BCUT2D eigenvalue weighted by Gasteiger charge is -2.18. The molecule has 32 heteroatoms. The number of esters is 2. The summed E-state index contributed by atoms with van der Waals surface area (Å²) in [5.41, 5.74) is 14.9. The molecule has 0 radical (unpaired) electrons. The van der Waals surface area contributed by atoms with Gasteiger partial charge in [-0.3, -0.25) is 19.2 Å². The van der Waals surface area contributed by atoms with Gasteiger partial charge in [0, 0.05) is 72.7 Å². The van der Waals surface area contributed by atoms with Crippen molar-refractivity contribution in [2.45, 2.75) is 104 Å². The summed E-state index contributed by atoms with van der Waals surface area (Å²) in [5, 5.41) is 42.3. The molecule has 16 rings (SSSR count). The summed E-state index contributed by atoms with van der Waals surface area (Å²) in [6.07, 6.45) is 11.3. The largest absolute Gasteiger partial charge is 0.478 e. The first-order valence-corrected chi connectivity index (χ1v) is 35.3. The van der Waals surface area contributed by atoms with Crippen LogP contribution in [0.15, 0.2) is 146 Å². The highest BCUT2D eigenvalue weighted by atomic mass is 35.5. The van der Waals surface area contributed by atoms with Gasteiger partial charge in [0.1, 0.15) is 34.0 Å². The molecule has 3 aliphatic rings. The van der Waals surface area contributed by atoms with E-state index in [1.807, 2.05) is 51.1 Å². The second-order valence-electron chi connectivity index (χ2n) is 26.3. The van der Waals surface area contributed by atoms with Crippen molar-refractivity contribution < 1.29 is 65.7 Å². The third kappa shape index (κ3) is 16.0. The van der Waals surface area contributed by atoms with Gasteiger partial charge in [0.25, 0.3) is 11.8 Å². The van der Waals surface area contributed by atoms with Crippen LogP contribution in [0.2, 0.25) is 5.15 Å². The summed E-state index contributed by atoms with van der Waals surface area (Å²) in [7, 11) is 2.62. The molecule has 566 valence electrons. The number of anilines is 3. The van der Waals surface area contributed by atoms with E-state index >= 15 is 0 Å². The number of ether oxygens (including phenoxy) is 2. The van der Waals surface area contributed by atoms with E-state index in [2.05, 4.69) is 71.7 Å². The van der Waals surface area contributed by atoms with Gasteiger partial charge in [-0.25, -0.2) is 56.4 Å². The number of nitrogens with zero attached hydrogens (tertiary/aromatic N) is 12. The maximum absolute atomic E-state index is 13.5. The monoisotopic (exact) mass is 1530 g/mol. The lowest BCUT2D eigenvalue weighted by molar-refractivity contribution is 0.0585. The second-order valence-corrected chi connectivity index (χ2v) is 26.7. The highest BCUT2D eigenvalue weighted by Gasteiger charge is 2.31. The Bertz CT molecular complexity index is 5680. The minimum Gasteiger partial charge on any atom is -0.478 e. The van der Waals surface area contributed by atoms with E-state index in [4.69, 9.17) is 16.3 Å². The molecule has 0 saturated heterocycles. The number of benzene rings is 5. The minimum absolute atomic E-state index is 0.00606. The number of carboxylic acids is 1. The minimum atomic E-state index is -0.982. The molecule has 6 N–H and O–H groups in total. The van der Waals surface area contributed by atoms with Crippen molar-refractivity contribution in [2.24, 2.45) is 0 Å². The summed E-state index contributed by atoms with van der Waals surface area (Å²) >= 11 is 5.86. The Morgan fingerprint density at radius 3 is 1.14 bits per heavy atom. The number of rotatable bonds is 17. The Kier molecular flexibility index (Phi) is 22.0. The van der Waals surface area contributed by atoms with Crippen molar-refractivity contribution in [1.29, 1.82) is 0 Å². The lowest BCUT2D eigenvalue weighted by atomic mass is 9.96. The number of hydrogen-bond donors (Lipinski definition) is 6. The van der Waals surface area contributed by atoms with Crippen molar-refractivity contribution in [2.75, 3.05) is 30.2 Å². The van der Waals surface area contributed by atoms with E-state index < -0.39 is 53.0 Å². The summed E-state index contributed by atoms with van der Waals surface area (Å²) < 4.78 is 68.9. The van der Waals surface area contributed by atoms with Gasteiger partial charge in [-0.1, -0.05) is 54.1 Å². The average molecular weight is 1530 g/mol. The van der Waals surface area contributed by atoms with Crippen LogP contribution in [-0.2, 0) is 41.8 Å². The fraction of sp³-hybridized carbons (Fsp3) is 0.228. The molecule has 13 aromatic rings. The fourth-order valence-electron chi connectivity index (χ4n) is 14.0. The van der Waals surface area contributed by atoms with Crippen molar-refractivity contribution in [1.82, 2.24) is 69.0 Å². The Morgan fingerprint density at radius 2 is 0.775 bits per heavy atom. The van der Waals surface area contributed by atoms with Crippen LogP contribution in [0.4, 0.5) is 35.0 Å². The molecule has 27 nitrogen and oxygen atoms in total. The highest BCUT2D eigenvalue weighted by Crippen LogP contribution is 2.40. The van der Waals surface area contributed by atoms with Crippen LogP contribution in [-0.4, -0.2) is 119 Å². The van der Waals surface area contributed by atoms with E-state index in [9.17, 15) is 56.2 Å². The molecule has 0 spiro atoms. The van der Waals surface area contributed by atoms with Gasteiger partial charge in [0.15, 0.2) is 68.8 Å². The molecular formula is C79H70ClF4N17O10. The molecular weight excluding hydrogens is 1460 g/mol. The van der Waals surface area contributed by atoms with Crippen molar-refractivity contribution in [3.05, 3.63) is 275 Å². The summed E-state index contributed by atoms with van der Waals surface area (Å²) in [4.78, 5) is 101. The van der Waals surface area contributed by atoms with Gasteiger partial charge in [-0.2, -0.15) is 33.9 Å². The molecule has 0 fully saturated rings. The van der Waals surface area contributed by atoms with Crippen LogP contribution >= 0.6 is 11.6 Å². The third-order valence-corrected chi connectivity index (χ3v) is 19.8. The number of nitrogens with one attached hydrogen (secondary N) is 5. The van der Waals surface area contributed by atoms with E-state index in [0.717, 1.165) is 107 Å². The number of methoxy groups -OCH3 is 2. The molecule has 0 aliphatic heterocycles. The van der Waals surface area contributed by atoms with Crippen molar-refractivity contribution in [3.63, 3.8) is 0 Å². The van der Waals surface area contributed by atoms with Gasteiger partial charge in [-0.05, 0) is 165 Å². The zero-order valence-electron chi connectivity index (χ0n) is 60.6. The van der Waals surface area contributed by atoms with Gasteiger partial charge >= 0.3 is 17.9 Å². The normalized spacial score (nSPS) is 14.4. The SMILES string of the molecule is CC(=O)c1ccc2c(c1C)CC[C@@H]2Nc1cc(C(=O)NCc2ccc(F)c(F)c2)nc2ccnn12.COC(=O)c1cc(Cl)n2nccc2n1.COC(=O)c1cc(N[C@H]2CCc3c2ccc(C(C)=O)c3C)n2nccc2n1.Cc1c(C(=O)O)ccc2c1CC[C@@H]2Nc1cc(C(=O)NCc2ccc(F)c(F)c2)nc2ccnn12. The van der Waals surface area contributed by atoms with E-state index in [-0.39, 0.29) is 65.6 Å². The first kappa shape index (κ1) is 75.9. The molecule has 0 saturated carbocycles. The molecule has 3 atom stereocenters. The molecule has 2 amide bonds. The zero-order valence-corrected chi connectivity index (χ0v) is 61.4. The Hall–Kier alpha value is -13.3.